The summed E-state index contributed by atoms with van der Waals surface area (Å²) >= 11 is 0. The maximum Gasteiger partial charge on any atom is 0.238 e. The molecule has 9 rings (SSSR count). The van der Waals surface area contributed by atoms with E-state index in [9.17, 15) is 0 Å². The third-order valence-corrected chi connectivity index (χ3v) is 8.29. The highest BCUT2D eigenvalue weighted by molar-refractivity contribution is 6.26. The van der Waals surface area contributed by atoms with Crippen molar-refractivity contribution in [3.8, 4) is 34.4 Å². The summed E-state index contributed by atoms with van der Waals surface area (Å²) in [7, 11) is 0. The van der Waals surface area contributed by atoms with Crippen molar-refractivity contribution in [2.75, 3.05) is 0 Å². The number of hydrogen-bond acceptors (Lipinski definition) is 4. The predicted molar refractivity (Wildman–Crippen MR) is 177 cm³/mol. The highest BCUT2D eigenvalue weighted by Gasteiger charge is 2.22. The van der Waals surface area contributed by atoms with Gasteiger partial charge in [-0.3, -0.25) is 9.13 Å². The van der Waals surface area contributed by atoms with Gasteiger partial charge in [-0.25, -0.2) is 15.0 Å². The van der Waals surface area contributed by atoms with E-state index >= 15 is 0 Å². The van der Waals surface area contributed by atoms with Crippen LogP contribution in [0.5, 0.6) is 0 Å². The van der Waals surface area contributed by atoms with Crippen LogP contribution in [0, 0.1) is 0 Å². The molecule has 206 valence electrons. The molecule has 6 heteroatoms. The zero-order valence-corrected chi connectivity index (χ0v) is 23.5. The molecule has 0 aliphatic carbocycles. The Bertz CT molecular complexity index is 2490. The molecular weight excluding hydrogens is 540 g/mol. The van der Waals surface area contributed by atoms with Crippen LogP contribution in [0.1, 0.15) is 0 Å². The summed E-state index contributed by atoms with van der Waals surface area (Å²) in [6.45, 7) is 0. The fraction of sp³-hybridized carbons (Fsp3) is 0. The molecule has 0 amide bonds. The summed E-state index contributed by atoms with van der Waals surface area (Å²) in [6.07, 6.45) is 1.60. The fourth-order valence-corrected chi connectivity index (χ4v) is 6.40. The molecule has 4 aromatic heterocycles. The highest BCUT2D eigenvalue weighted by Crippen LogP contribution is 2.41. The molecule has 0 aliphatic rings. The lowest BCUT2D eigenvalue weighted by Gasteiger charge is -2.10. The van der Waals surface area contributed by atoms with Gasteiger partial charge in [0, 0.05) is 32.7 Å². The van der Waals surface area contributed by atoms with Crippen molar-refractivity contribution >= 4 is 43.6 Å². The van der Waals surface area contributed by atoms with Crippen molar-refractivity contribution < 1.29 is 0 Å². The van der Waals surface area contributed by atoms with Gasteiger partial charge in [0.15, 0.2) is 5.82 Å². The van der Waals surface area contributed by atoms with Crippen LogP contribution < -0.4 is 0 Å². The molecular formula is C38H24N6. The number of aromatic nitrogens is 6. The van der Waals surface area contributed by atoms with Crippen LogP contribution in [-0.2, 0) is 0 Å². The average molecular weight is 565 g/mol. The first-order valence-corrected chi connectivity index (χ1v) is 14.6. The molecule has 0 saturated carbocycles. The van der Waals surface area contributed by atoms with Gasteiger partial charge in [-0.2, -0.15) is 4.98 Å². The molecule has 5 aromatic carbocycles. The van der Waals surface area contributed by atoms with Crippen LogP contribution in [0.3, 0.4) is 0 Å². The van der Waals surface area contributed by atoms with Gasteiger partial charge in [-0.05, 0) is 30.3 Å². The molecule has 0 bridgehead atoms. The van der Waals surface area contributed by atoms with E-state index in [1.165, 1.54) is 10.8 Å². The first-order valence-electron chi connectivity index (χ1n) is 14.6. The third-order valence-electron chi connectivity index (χ3n) is 8.29. The molecule has 0 N–H and O–H groups in total. The summed E-state index contributed by atoms with van der Waals surface area (Å²) in [4.78, 5) is 19.3. The number of benzene rings is 5. The van der Waals surface area contributed by atoms with E-state index in [1.807, 2.05) is 48.5 Å². The van der Waals surface area contributed by atoms with Gasteiger partial charge in [0.1, 0.15) is 12.1 Å². The van der Waals surface area contributed by atoms with Crippen molar-refractivity contribution in [3.63, 3.8) is 0 Å². The van der Waals surface area contributed by atoms with Crippen LogP contribution in [0.25, 0.3) is 78.0 Å². The Kier molecular flexibility index (Phi) is 5.40. The fourth-order valence-electron chi connectivity index (χ4n) is 6.40. The largest absolute Gasteiger partial charge is 0.293 e. The highest BCUT2D eigenvalue weighted by atomic mass is 15.2. The molecule has 4 heterocycles. The van der Waals surface area contributed by atoms with Crippen LogP contribution in [-0.4, -0.2) is 29.1 Å². The van der Waals surface area contributed by atoms with Gasteiger partial charge in [-0.1, -0.05) is 109 Å². The molecule has 0 fully saturated rings. The van der Waals surface area contributed by atoms with Crippen molar-refractivity contribution in [2.24, 2.45) is 0 Å². The van der Waals surface area contributed by atoms with E-state index in [2.05, 4.69) is 110 Å². The zero-order chi connectivity index (χ0) is 29.0. The van der Waals surface area contributed by atoms with E-state index in [1.54, 1.807) is 6.33 Å². The quantitative estimate of drug-likeness (QED) is 0.214. The van der Waals surface area contributed by atoms with E-state index in [0.29, 0.717) is 11.8 Å². The molecule has 0 radical (unpaired) electrons. The summed E-state index contributed by atoms with van der Waals surface area (Å²) < 4.78 is 4.45. The summed E-state index contributed by atoms with van der Waals surface area (Å²) in [5.41, 5.74) is 7.23. The second-order valence-electron chi connectivity index (χ2n) is 10.8. The van der Waals surface area contributed by atoms with E-state index in [0.717, 1.165) is 55.5 Å². The third kappa shape index (κ3) is 3.68. The Labute approximate surface area is 252 Å². The number of pyridine rings is 1. The molecule has 6 nitrogen and oxygen atoms in total. The summed E-state index contributed by atoms with van der Waals surface area (Å²) in [5.74, 6) is 2.09. The Balaban J connectivity index is 1.39. The lowest BCUT2D eigenvalue weighted by atomic mass is 10.1. The van der Waals surface area contributed by atoms with Crippen LogP contribution in [0.2, 0.25) is 0 Å². The average Bonchev–Trinajstić information content (AvgIpc) is 3.62. The Morgan fingerprint density at radius 3 is 1.91 bits per heavy atom. The summed E-state index contributed by atoms with van der Waals surface area (Å²) in [5, 5.41) is 4.60. The zero-order valence-electron chi connectivity index (χ0n) is 23.5. The maximum atomic E-state index is 5.21. The van der Waals surface area contributed by atoms with Gasteiger partial charge >= 0.3 is 0 Å². The molecule has 0 aliphatic heterocycles. The minimum Gasteiger partial charge on any atom is -0.293 e. The Morgan fingerprint density at radius 2 is 1.11 bits per heavy atom. The molecule has 44 heavy (non-hydrogen) atoms. The van der Waals surface area contributed by atoms with Crippen molar-refractivity contribution in [2.45, 2.75) is 0 Å². The monoisotopic (exact) mass is 564 g/mol. The van der Waals surface area contributed by atoms with Gasteiger partial charge in [-0.15, -0.1) is 0 Å². The van der Waals surface area contributed by atoms with E-state index in [4.69, 9.17) is 9.97 Å². The van der Waals surface area contributed by atoms with Crippen LogP contribution in [0.4, 0.5) is 0 Å². The number of nitrogens with zero attached hydrogens (tertiary/aromatic N) is 6. The number of rotatable bonds is 4. The Hall–Kier alpha value is -6.14. The van der Waals surface area contributed by atoms with Crippen molar-refractivity contribution in [1.82, 2.24) is 29.1 Å². The van der Waals surface area contributed by atoms with Gasteiger partial charge in [0.2, 0.25) is 5.95 Å². The minimum absolute atomic E-state index is 0.580. The molecule has 0 saturated heterocycles. The predicted octanol–water partition coefficient (Wildman–Crippen LogP) is 8.79. The maximum absolute atomic E-state index is 5.21. The molecule has 0 unspecified atom stereocenters. The second-order valence-corrected chi connectivity index (χ2v) is 10.8. The van der Waals surface area contributed by atoms with Gasteiger partial charge in [0.05, 0.1) is 27.8 Å². The normalized spacial score (nSPS) is 11.6. The molecule has 0 atom stereocenters. The van der Waals surface area contributed by atoms with Crippen molar-refractivity contribution in [1.29, 1.82) is 0 Å². The van der Waals surface area contributed by atoms with Crippen LogP contribution in [0.15, 0.2) is 146 Å². The number of para-hydroxylation sites is 2. The first kappa shape index (κ1) is 24.5. The topological polar surface area (TPSA) is 61.4 Å². The van der Waals surface area contributed by atoms with Crippen molar-refractivity contribution in [3.05, 3.63) is 146 Å². The number of hydrogen-bond donors (Lipinski definition) is 0. The first-order chi connectivity index (χ1) is 21.8. The minimum atomic E-state index is 0.580. The standard InChI is InChI=1S/C38H24N6/c1-3-12-25(13-4-1)30-18-11-21-34(41-30)44-31-19-9-7-16-27(31)28-22-23-33-35(36(28)44)29-17-8-10-20-32(29)43(33)38-40-24-39-37(42-38)26-14-5-2-6-15-26/h1-24H. The Morgan fingerprint density at radius 1 is 0.432 bits per heavy atom. The molecule has 0 spiro atoms. The SMILES string of the molecule is c1ccc(-c2cccc(-n3c4ccccc4c4ccc5c(c6ccccc6n5-c5ncnc(-c6ccccc6)n5)c43)n2)cc1. The van der Waals surface area contributed by atoms with Gasteiger partial charge < -0.3 is 0 Å². The lowest BCUT2D eigenvalue weighted by molar-refractivity contribution is 0.947. The van der Waals surface area contributed by atoms with Gasteiger partial charge in [0.25, 0.3) is 0 Å². The molecule has 9 aromatic rings. The second kappa shape index (κ2) is 9.71. The smallest absolute Gasteiger partial charge is 0.238 e. The van der Waals surface area contributed by atoms with Crippen LogP contribution >= 0.6 is 0 Å². The lowest BCUT2D eigenvalue weighted by Crippen LogP contribution is -2.03. The summed E-state index contributed by atoms with van der Waals surface area (Å²) in [6, 6.07) is 48.0. The number of fused-ring (bicyclic) bond motifs is 7. The van der Waals surface area contributed by atoms with E-state index in [-0.39, 0.29) is 0 Å². The van der Waals surface area contributed by atoms with E-state index < -0.39 is 0 Å².